The lowest BCUT2D eigenvalue weighted by Crippen LogP contribution is -2.21. The molecule has 1 aliphatic carbocycles. The minimum atomic E-state index is -0.0110. The largest absolute Gasteiger partial charge is 0.308 e. The maximum Gasteiger partial charge on any atom is 0.205 e. The first-order valence-electron chi connectivity index (χ1n) is 7.17. The average Bonchev–Trinajstić information content (AvgIpc) is 2.78. The van der Waals surface area contributed by atoms with Crippen LogP contribution in [0.25, 0.3) is 0 Å². The Morgan fingerprint density at radius 2 is 2.10 bits per heavy atom. The van der Waals surface area contributed by atoms with E-state index < -0.39 is 0 Å². The van der Waals surface area contributed by atoms with Gasteiger partial charge in [0.15, 0.2) is 0 Å². The number of carbonyl (C=O) groups excluding carboxylic acids is 1. The molecule has 1 saturated carbocycles. The Kier molecular flexibility index (Phi) is 5.38. The van der Waals surface area contributed by atoms with Crippen molar-refractivity contribution in [3.8, 4) is 0 Å². The van der Waals surface area contributed by atoms with Gasteiger partial charge in [-0.15, -0.1) is 0 Å². The molecule has 4 nitrogen and oxygen atoms in total. The Morgan fingerprint density at radius 3 is 2.75 bits per heavy atom. The quantitative estimate of drug-likeness (QED) is 0.618. The molecule has 20 heavy (non-hydrogen) atoms. The first-order valence-corrected chi connectivity index (χ1v) is 7.55. The van der Waals surface area contributed by atoms with Crippen LogP contribution in [0.1, 0.15) is 42.6 Å². The molecular formula is C15H22ClN3O. The smallest absolute Gasteiger partial charge is 0.205 e. The second-order valence-electron chi connectivity index (χ2n) is 5.60. The number of hydrogen-bond donors (Lipinski definition) is 0. The first-order chi connectivity index (χ1) is 9.58. The van der Waals surface area contributed by atoms with E-state index in [-0.39, 0.29) is 5.78 Å². The normalized spacial score (nSPS) is 15.7. The molecule has 0 unspecified atom stereocenters. The fourth-order valence-electron chi connectivity index (χ4n) is 2.48. The number of allylic oxidation sites excluding steroid dienone is 2. The number of halogens is 1. The average molecular weight is 296 g/mol. The molecule has 0 atom stereocenters. The molecule has 0 bridgehead atoms. The molecule has 0 aromatic carbocycles. The minimum absolute atomic E-state index is 0.0110. The molecule has 0 N–H and O–H groups in total. The van der Waals surface area contributed by atoms with E-state index in [1.54, 1.807) is 17.0 Å². The van der Waals surface area contributed by atoms with Crippen molar-refractivity contribution in [2.24, 2.45) is 0 Å². The van der Waals surface area contributed by atoms with Gasteiger partial charge in [0.1, 0.15) is 5.69 Å². The molecule has 110 valence electrons. The van der Waals surface area contributed by atoms with Crippen LogP contribution in [0.5, 0.6) is 0 Å². The predicted molar refractivity (Wildman–Crippen MR) is 81.3 cm³/mol. The second-order valence-corrected chi connectivity index (χ2v) is 6.00. The molecular weight excluding hydrogens is 274 g/mol. The van der Waals surface area contributed by atoms with Crippen molar-refractivity contribution < 1.29 is 4.79 Å². The molecule has 0 radical (unpaired) electrons. The third-order valence-electron chi connectivity index (χ3n) is 3.62. The van der Waals surface area contributed by atoms with E-state index in [0.717, 1.165) is 19.4 Å². The third-order valence-corrected chi connectivity index (χ3v) is 3.89. The lowest BCUT2D eigenvalue weighted by atomic mass is 9.94. The van der Waals surface area contributed by atoms with Crippen molar-refractivity contribution in [2.45, 2.75) is 38.6 Å². The molecule has 0 amide bonds. The van der Waals surface area contributed by atoms with Crippen LogP contribution >= 0.6 is 11.6 Å². The molecule has 2 rings (SSSR count). The molecule has 1 aromatic rings. The summed E-state index contributed by atoms with van der Waals surface area (Å²) in [6.07, 6.45) is 9.05. The molecule has 1 heterocycles. The van der Waals surface area contributed by atoms with Gasteiger partial charge in [-0.25, -0.2) is 0 Å². The number of ketones is 1. The summed E-state index contributed by atoms with van der Waals surface area (Å²) in [4.78, 5) is 14.5. The summed E-state index contributed by atoms with van der Waals surface area (Å²) in [6.45, 7) is 1.50. The number of hydrogen-bond acceptors (Lipinski definition) is 3. The molecule has 1 aromatic heterocycles. The van der Waals surface area contributed by atoms with Crippen molar-refractivity contribution in [3.63, 3.8) is 0 Å². The van der Waals surface area contributed by atoms with Crippen LogP contribution in [0.15, 0.2) is 17.8 Å². The zero-order valence-corrected chi connectivity index (χ0v) is 13.0. The first kappa shape index (κ1) is 15.3. The molecule has 0 saturated heterocycles. The van der Waals surface area contributed by atoms with E-state index in [9.17, 15) is 4.79 Å². The Balaban J connectivity index is 2.14. The van der Waals surface area contributed by atoms with Gasteiger partial charge in [0.25, 0.3) is 0 Å². The van der Waals surface area contributed by atoms with E-state index in [1.807, 2.05) is 14.1 Å². The van der Waals surface area contributed by atoms with Gasteiger partial charge in [0, 0.05) is 6.54 Å². The number of carbonyl (C=O) groups is 1. The molecule has 0 aliphatic heterocycles. The van der Waals surface area contributed by atoms with E-state index in [1.165, 1.54) is 24.8 Å². The van der Waals surface area contributed by atoms with Crippen molar-refractivity contribution in [1.82, 2.24) is 14.7 Å². The van der Waals surface area contributed by atoms with Crippen molar-refractivity contribution in [3.05, 3.63) is 28.6 Å². The molecule has 0 spiro atoms. The van der Waals surface area contributed by atoms with Crippen LogP contribution in [0.3, 0.4) is 0 Å². The third kappa shape index (κ3) is 3.93. The van der Waals surface area contributed by atoms with Gasteiger partial charge in [0.2, 0.25) is 5.78 Å². The van der Waals surface area contributed by atoms with Gasteiger partial charge in [-0.2, -0.15) is 5.10 Å². The number of rotatable bonds is 5. The van der Waals surface area contributed by atoms with Crippen molar-refractivity contribution in [2.75, 3.05) is 20.6 Å². The number of likely N-dealkylation sites (N-methyl/N-ethyl adjacent to an activating group) is 1. The zero-order valence-electron chi connectivity index (χ0n) is 12.2. The standard InChI is InChI=1S/C15H22ClN3O/c1-18(2)8-9-19-15(13(16)11-17-19)14(20)10-12-6-4-3-5-7-12/h10-11H,3-9H2,1-2H3. The topological polar surface area (TPSA) is 38.1 Å². The van der Waals surface area contributed by atoms with Crippen LogP contribution in [-0.4, -0.2) is 41.1 Å². The van der Waals surface area contributed by atoms with Crippen molar-refractivity contribution >= 4 is 17.4 Å². The fourth-order valence-corrected chi connectivity index (χ4v) is 2.71. The fraction of sp³-hybridized carbons (Fsp3) is 0.600. The Morgan fingerprint density at radius 1 is 1.40 bits per heavy atom. The van der Waals surface area contributed by atoms with Crippen LogP contribution in [-0.2, 0) is 6.54 Å². The summed E-state index contributed by atoms with van der Waals surface area (Å²) in [5.74, 6) is -0.0110. The van der Waals surface area contributed by atoms with E-state index in [0.29, 0.717) is 17.3 Å². The molecule has 1 fully saturated rings. The van der Waals surface area contributed by atoms with Gasteiger partial charge in [-0.05, 0) is 45.9 Å². The highest BCUT2D eigenvalue weighted by Gasteiger charge is 2.17. The summed E-state index contributed by atoms with van der Waals surface area (Å²) in [7, 11) is 3.99. The highest BCUT2D eigenvalue weighted by atomic mass is 35.5. The minimum Gasteiger partial charge on any atom is -0.308 e. The van der Waals surface area contributed by atoms with E-state index in [4.69, 9.17) is 11.6 Å². The predicted octanol–water partition coefficient (Wildman–Crippen LogP) is 3.17. The lowest BCUT2D eigenvalue weighted by molar-refractivity contribution is 0.103. The zero-order chi connectivity index (χ0) is 14.5. The van der Waals surface area contributed by atoms with Crippen molar-refractivity contribution in [1.29, 1.82) is 0 Å². The lowest BCUT2D eigenvalue weighted by Gasteiger charge is -2.14. The van der Waals surface area contributed by atoms with Crippen LogP contribution in [0.4, 0.5) is 0 Å². The van der Waals surface area contributed by atoms with Gasteiger partial charge < -0.3 is 4.90 Å². The number of aromatic nitrogens is 2. The van der Waals surface area contributed by atoms with Gasteiger partial charge >= 0.3 is 0 Å². The van der Waals surface area contributed by atoms with Gasteiger partial charge in [0.05, 0.1) is 17.8 Å². The molecule has 1 aliphatic rings. The molecule has 5 heteroatoms. The van der Waals surface area contributed by atoms with E-state index >= 15 is 0 Å². The second kappa shape index (κ2) is 7.04. The summed E-state index contributed by atoms with van der Waals surface area (Å²) in [6, 6.07) is 0. The van der Waals surface area contributed by atoms with E-state index in [2.05, 4.69) is 10.00 Å². The summed E-state index contributed by atoms with van der Waals surface area (Å²) in [5.41, 5.74) is 1.77. The Bertz CT molecular complexity index is 497. The maximum atomic E-state index is 12.4. The highest BCUT2D eigenvalue weighted by Crippen LogP contribution is 2.24. The van der Waals surface area contributed by atoms with Crippen LogP contribution in [0.2, 0.25) is 5.02 Å². The summed E-state index contributed by atoms with van der Waals surface area (Å²) >= 11 is 6.13. The van der Waals surface area contributed by atoms with Crippen LogP contribution in [0, 0.1) is 0 Å². The maximum absolute atomic E-state index is 12.4. The highest BCUT2D eigenvalue weighted by molar-refractivity contribution is 6.34. The Hall–Kier alpha value is -1.13. The SMILES string of the molecule is CN(C)CCn1ncc(Cl)c1C(=O)C=C1CCCCC1. The number of nitrogens with zero attached hydrogens (tertiary/aromatic N) is 3. The van der Waals surface area contributed by atoms with Gasteiger partial charge in [-0.3, -0.25) is 9.48 Å². The van der Waals surface area contributed by atoms with Crippen LogP contribution < -0.4 is 0 Å². The summed E-state index contributed by atoms with van der Waals surface area (Å²) < 4.78 is 1.71. The Labute approximate surface area is 125 Å². The monoisotopic (exact) mass is 295 g/mol. The summed E-state index contributed by atoms with van der Waals surface area (Å²) in [5, 5.41) is 4.66. The van der Waals surface area contributed by atoms with Gasteiger partial charge in [-0.1, -0.05) is 23.6 Å².